The molecule has 1 aromatic carbocycles. The van der Waals surface area contributed by atoms with E-state index in [1.807, 2.05) is 62.4 Å². The molecule has 0 saturated carbocycles. The Balaban J connectivity index is 1.78. The van der Waals surface area contributed by atoms with E-state index in [1.54, 1.807) is 44.6 Å². The van der Waals surface area contributed by atoms with Crippen LogP contribution in [0.4, 0.5) is 0 Å². The summed E-state index contributed by atoms with van der Waals surface area (Å²) >= 11 is 7.64. The zero-order valence-electron chi connectivity index (χ0n) is 34.5. The van der Waals surface area contributed by atoms with Crippen LogP contribution in [0.2, 0.25) is 0 Å². The van der Waals surface area contributed by atoms with Crippen molar-refractivity contribution in [2.75, 3.05) is 34.9 Å². The monoisotopic (exact) mass is 785 g/mol. The fraction of sp³-hybridized carbons (Fsp3) is 0.690. The third kappa shape index (κ3) is 11.9. The number of nitrogens with one attached hydrogen (secondary N) is 2. The van der Waals surface area contributed by atoms with Crippen molar-refractivity contribution in [3.8, 4) is 0 Å². The van der Waals surface area contributed by atoms with E-state index in [4.69, 9.17) is 21.7 Å². The number of hydrogen-bond acceptors (Lipinski definition) is 9. The number of aromatic nitrogens is 1. The average Bonchev–Trinajstić information content (AvgIpc) is 3.87. The van der Waals surface area contributed by atoms with E-state index >= 15 is 0 Å². The van der Waals surface area contributed by atoms with Crippen molar-refractivity contribution in [1.29, 1.82) is 0 Å². The maximum atomic E-state index is 14.3. The Hall–Kier alpha value is -2.77. The van der Waals surface area contributed by atoms with Gasteiger partial charge in [0.15, 0.2) is 5.78 Å². The SMILES string of the molecule is CC[C@H](C)[C@@H]([C@@H](CC(=O)N1CCC[C@H]1[C@H](OC)[C@@H](C)C(=S)N[C@@H](Cc1ccccc1)c1nccs1)OC)N(C)C(=O)[C@@H](CC(=O)[C@@H](NC)C(C)C)C(C)C. The van der Waals surface area contributed by atoms with Crippen LogP contribution in [-0.2, 0) is 30.3 Å². The van der Waals surface area contributed by atoms with Crippen LogP contribution in [0.25, 0.3) is 0 Å². The van der Waals surface area contributed by atoms with E-state index in [0.717, 1.165) is 30.7 Å². The van der Waals surface area contributed by atoms with Crippen molar-refractivity contribution in [1.82, 2.24) is 25.4 Å². The largest absolute Gasteiger partial charge is 0.379 e. The number of methoxy groups -OCH3 is 2. The van der Waals surface area contributed by atoms with Gasteiger partial charge in [0.05, 0.1) is 47.8 Å². The Labute approximate surface area is 334 Å². The highest BCUT2D eigenvalue weighted by Crippen LogP contribution is 2.31. The summed E-state index contributed by atoms with van der Waals surface area (Å²) in [4.78, 5) is 50.9. The maximum absolute atomic E-state index is 14.3. The summed E-state index contributed by atoms with van der Waals surface area (Å²) in [6, 6.07) is 9.38. The molecule has 0 radical (unpaired) electrons. The molecule has 2 N–H and O–H groups in total. The molecule has 2 aromatic rings. The summed E-state index contributed by atoms with van der Waals surface area (Å²) < 4.78 is 12.3. The normalized spacial score (nSPS) is 19.1. The molecule has 2 heterocycles. The molecule has 1 fully saturated rings. The first kappa shape index (κ1) is 45.6. The van der Waals surface area contributed by atoms with Crippen LogP contribution in [0, 0.1) is 29.6 Å². The second-order valence-electron chi connectivity index (χ2n) is 15.7. The number of nitrogens with zero attached hydrogens (tertiary/aromatic N) is 3. The molecule has 54 heavy (non-hydrogen) atoms. The summed E-state index contributed by atoms with van der Waals surface area (Å²) in [6.45, 7) is 14.9. The first-order valence-electron chi connectivity index (χ1n) is 19.8. The van der Waals surface area contributed by atoms with Gasteiger partial charge < -0.3 is 29.9 Å². The van der Waals surface area contributed by atoms with E-state index in [-0.39, 0.29) is 84.4 Å². The van der Waals surface area contributed by atoms with E-state index in [9.17, 15) is 14.4 Å². The van der Waals surface area contributed by atoms with Crippen LogP contribution in [0.1, 0.15) is 97.2 Å². The van der Waals surface area contributed by atoms with Gasteiger partial charge in [-0.3, -0.25) is 14.4 Å². The number of benzene rings is 1. The van der Waals surface area contributed by atoms with Crippen LogP contribution >= 0.6 is 23.6 Å². The third-order valence-electron chi connectivity index (χ3n) is 11.5. The molecule has 0 spiro atoms. The minimum absolute atomic E-state index is 0.0271. The summed E-state index contributed by atoms with van der Waals surface area (Å²) in [5.74, 6) is -0.612. The highest BCUT2D eigenvalue weighted by Gasteiger charge is 2.42. The highest BCUT2D eigenvalue weighted by molar-refractivity contribution is 7.80. The Kier molecular flexibility index (Phi) is 18.7. The van der Waals surface area contributed by atoms with Crippen LogP contribution < -0.4 is 10.6 Å². The lowest BCUT2D eigenvalue weighted by Gasteiger charge is -2.41. The van der Waals surface area contributed by atoms with Gasteiger partial charge in [0, 0.05) is 57.6 Å². The average molecular weight is 786 g/mol. The van der Waals surface area contributed by atoms with Gasteiger partial charge in [-0.05, 0) is 49.6 Å². The summed E-state index contributed by atoms with van der Waals surface area (Å²) in [5, 5.41) is 9.68. The van der Waals surface area contributed by atoms with Crippen LogP contribution in [0.5, 0.6) is 0 Å². The molecule has 2 amide bonds. The summed E-state index contributed by atoms with van der Waals surface area (Å²) in [5.41, 5.74) is 1.19. The lowest BCUT2D eigenvalue weighted by Crippen LogP contribution is -2.54. The fourth-order valence-electron chi connectivity index (χ4n) is 8.15. The number of Topliss-reactive ketones (excluding diaryl/α,β-unsaturated/α-hetero) is 1. The number of rotatable bonds is 22. The maximum Gasteiger partial charge on any atom is 0.226 e. The van der Waals surface area contributed by atoms with Gasteiger partial charge in [0.25, 0.3) is 0 Å². The number of thiazole rings is 1. The summed E-state index contributed by atoms with van der Waals surface area (Å²) in [7, 11) is 6.91. The minimum atomic E-state index is -0.537. The quantitative estimate of drug-likeness (QED) is 0.125. The molecule has 12 heteroatoms. The van der Waals surface area contributed by atoms with E-state index in [0.29, 0.717) is 11.5 Å². The van der Waals surface area contributed by atoms with Crippen molar-refractivity contribution in [3.05, 3.63) is 52.5 Å². The number of carbonyl (C=O) groups excluding carboxylic acids is 3. The second-order valence-corrected chi connectivity index (χ2v) is 17.1. The molecular formula is C42H67N5O5S2. The molecule has 9 atom stereocenters. The molecule has 3 rings (SSSR count). The van der Waals surface area contributed by atoms with Gasteiger partial charge in [-0.15, -0.1) is 11.3 Å². The zero-order chi connectivity index (χ0) is 40.1. The topological polar surface area (TPSA) is 113 Å². The first-order chi connectivity index (χ1) is 25.7. The van der Waals surface area contributed by atoms with Gasteiger partial charge >= 0.3 is 0 Å². The third-order valence-corrected chi connectivity index (χ3v) is 12.9. The van der Waals surface area contributed by atoms with E-state index in [1.165, 1.54) is 5.56 Å². The van der Waals surface area contributed by atoms with Crippen LogP contribution in [-0.4, -0.2) is 103 Å². The number of carbonyl (C=O) groups is 3. The molecule has 1 saturated heterocycles. The number of likely N-dealkylation sites (tertiary alicyclic amines) is 1. The molecule has 1 aliphatic rings. The fourth-order valence-corrected chi connectivity index (χ4v) is 9.11. The van der Waals surface area contributed by atoms with Gasteiger partial charge in [0.1, 0.15) is 5.01 Å². The molecule has 302 valence electrons. The number of ketones is 1. The molecule has 0 bridgehead atoms. The second kappa shape index (κ2) is 22.1. The van der Waals surface area contributed by atoms with Crippen LogP contribution in [0.15, 0.2) is 41.9 Å². The zero-order valence-corrected chi connectivity index (χ0v) is 36.2. The summed E-state index contributed by atoms with van der Waals surface area (Å²) in [6.07, 6.45) is 4.43. The van der Waals surface area contributed by atoms with Crippen molar-refractivity contribution >= 4 is 46.1 Å². The van der Waals surface area contributed by atoms with Gasteiger partial charge in [0.2, 0.25) is 11.8 Å². The number of hydrogen-bond donors (Lipinski definition) is 2. The molecule has 0 aliphatic carbocycles. The minimum Gasteiger partial charge on any atom is -0.379 e. The predicted molar refractivity (Wildman–Crippen MR) is 222 cm³/mol. The Morgan fingerprint density at radius 2 is 1.72 bits per heavy atom. The standard InChI is InChI=1S/C42H67N5O5S2/c1-12-28(6)38(46(9)42(50)31(26(2)3)24-34(48)37(43-8)27(4)5)35(51-10)25-36(49)47-21-16-19-33(47)39(52-11)29(7)40(53)45-32(41-44-20-22-54-41)23-30-17-14-13-15-18-30/h13-15,17-18,20,22,26-29,31-33,35,37-39,43H,12,16,19,21,23-25H2,1-11H3,(H,45,53)/t28-,29+,31-,32-,33-,35+,37-,38-,39+/m0/s1. The van der Waals surface area contributed by atoms with Crippen molar-refractivity contribution in [2.45, 2.75) is 123 Å². The number of ether oxygens (including phenoxy) is 2. The smallest absolute Gasteiger partial charge is 0.226 e. The Morgan fingerprint density at radius 1 is 1.04 bits per heavy atom. The van der Waals surface area contributed by atoms with Gasteiger partial charge in [-0.1, -0.05) is 97.4 Å². The van der Waals surface area contributed by atoms with Crippen molar-refractivity contribution in [3.63, 3.8) is 0 Å². The van der Waals surface area contributed by atoms with Crippen molar-refractivity contribution in [2.24, 2.45) is 29.6 Å². The van der Waals surface area contributed by atoms with E-state index < -0.39 is 12.0 Å². The van der Waals surface area contributed by atoms with Crippen LogP contribution in [0.3, 0.4) is 0 Å². The molecule has 1 aromatic heterocycles. The number of likely N-dealkylation sites (N-methyl/N-ethyl adjacent to an activating group) is 2. The lowest BCUT2D eigenvalue weighted by molar-refractivity contribution is -0.148. The predicted octanol–water partition coefficient (Wildman–Crippen LogP) is 6.74. The highest BCUT2D eigenvalue weighted by atomic mass is 32.1. The van der Waals surface area contributed by atoms with E-state index in [2.05, 4.69) is 48.5 Å². The first-order valence-corrected chi connectivity index (χ1v) is 21.0. The molecule has 10 nitrogen and oxygen atoms in total. The molecule has 0 unspecified atom stereocenters. The number of thiocarbonyl (C=S) groups is 1. The molecular weight excluding hydrogens is 719 g/mol. The lowest BCUT2D eigenvalue weighted by atomic mass is 9.84. The van der Waals surface area contributed by atoms with Gasteiger partial charge in [-0.25, -0.2) is 4.98 Å². The Bertz CT molecular complexity index is 1460. The van der Waals surface area contributed by atoms with Gasteiger partial charge in [-0.2, -0.15) is 0 Å². The Morgan fingerprint density at radius 3 is 2.26 bits per heavy atom. The molecule has 1 aliphatic heterocycles. The number of amides is 2. The van der Waals surface area contributed by atoms with Crippen molar-refractivity contribution < 1.29 is 23.9 Å².